The molecule has 0 radical (unpaired) electrons. The first-order valence-electron chi connectivity index (χ1n) is 3.47. The Morgan fingerprint density at radius 3 is 1.12 bits per heavy atom. The minimum absolute atomic E-state index is 0. The molecule has 17 heavy (non-hydrogen) atoms. The molecular weight excluding hydrogens is 302 g/mol. The first-order valence-corrected chi connectivity index (χ1v) is 6.13. The molecule has 0 spiro atoms. The first-order chi connectivity index (χ1) is 6.62. The van der Waals surface area contributed by atoms with Crippen LogP contribution in [0, 0.1) is 0 Å². The molecule has 0 fully saturated rings. The van der Waals surface area contributed by atoms with Crippen LogP contribution in [0.1, 0.15) is 12.8 Å². The van der Waals surface area contributed by atoms with Gasteiger partial charge in [-0.15, -0.1) is 0 Å². The van der Waals surface area contributed by atoms with Gasteiger partial charge in [-0.25, -0.2) is 16.8 Å². The number of rotatable bonds is 5. The normalized spacial score (nSPS) is 10.4. The number of aliphatic hydroxyl groups is 2. The second kappa shape index (κ2) is 14.1. The molecule has 2 N–H and O–H groups in total. The van der Waals surface area contributed by atoms with Crippen LogP contribution in [0.4, 0.5) is 0 Å². The van der Waals surface area contributed by atoms with Crippen molar-refractivity contribution in [3.8, 4) is 0 Å². The molecule has 0 aromatic heterocycles. The Morgan fingerprint density at radius 1 is 0.824 bits per heavy atom. The van der Waals surface area contributed by atoms with E-state index in [0.29, 0.717) is 0 Å². The van der Waals surface area contributed by atoms with Gasteiger partial charge < -0.3 is 19.3 Å². The van der Waals surface area contributed by atoms with E-state index in [4.69, 9.17) is 10.2 Å². The van der Waals surface area contributed by atoms with Crippen LogP contribution in [0.2, 0.25) is 0 Å². The minimum Gasteiger partial charge on any atom is -0.725 e. The maximum atomic E-state index is 9.29. The molecular formula is C4H10Na2O9S2. The van der Waals surface area contributed by atoms with Crippen LogP contribution in [0.15, 0.2) is 0 Å². The maximum Gasteiger partial charge on any atom is 1.00 e. The molecule has 0 aliphatic carbocycles. The standard InChI is InChI=1S/C4H10O2.2Na.H2O7S2/c5-3-1-2-4-6;;;1-8(2,3)7-9(4,5)6/h5-6H,1-4H2;;;(H,1,2,3)(H,4,5,6)/q;2*+1;/p-2. The van der Waals surface area contributed by atoms with Gasteiger partial charge >= 0.3 is 59.1 Å². The third kappa shape index (κ3) is 38.1. The predicted molar refractivity (Wildman–Crippen MR) is 43.9 cm³/mol. The molecule has 0 amide bonds. The maximum absolute atomic E-state index is 9.29. The Kier molecular flexibility index (Phi) is 22.5. The van der Waals surface area contributed by atoms with Crippen LogP contribution in [0.5, 0.6) is 0 Å². The fourth-order valence-corrected chi connectivity index (χ4v) is 1.14. The number of hydrogen-bond acceptors (Lipinski definition) is 9. The molecule has 0 aliphatic heterocycles. The molecule has 0 aromatic rings. The zero-order valence-corrected chi connectivity index (χ0v) is 15.0. The molecule has 0 rings (SSSR count). The molecule has 0 aromatic carbocycles. The molecule has 13 heteroatoms. The van der Waals surface area contributed by atoms with Crippen LogP contribution < -0.4 is 59.1 Å². The summed E-state index contributed by atoms with van der Waals surface area (Å²) in [6, 6.07) is 0. The van der Waals surface area contributed by atoms with Crippen LogP contribution in [-0.4, -0.2) is 49.4 Å². The summed E-state index contributed by atoms with van der Waals surface area (Å²) in [5, 5.41) is 16.2. The van der Waals surface area contributed by atoms with Crippen LogP contribution in [-0.2, 0) is 24.4 Å². The van der Waals surface area contributed by atoms with E-state index in [1.165, 1.54) is 0 Å². The number of aliphatic hydroxyl groups excluding tert-OH is 2. The Balaban J connectivity index is -0.0000000945. The Hall–Kier alpha value is 1.70. The largest absolute Gasteiger partial charge is 1.00 e. The van der Waals surface area contributed by atoms with E-state index in [1.807, 2.05) is 0 Å². The first kappa shape index (κ1) is 27.1. The predicted octanol–water partition coefficient (Wildman–Crippen LogP) is -8.32. The number of unbranched alkanes of at least 4 members (excludes halogenated alkanes) is 1. The van der Waals surface area contributed by atoms with Crippen molar-refractivity contribution in [3.63, 3.8) is 0 Å². The quantitative estimate of drug-likeness (QED) is 0.217. The molecule has 0 unspecified atom stereocenters. The van der Waals surface area contributed by atoms with Crippen LogP contribution >= 0.6 is 0 Å². The molecule has 94 valence electrons. The summed E-state index contributed by atoms with van der Waals surface area (Å²) in [5.41, 5.74) is 0. The Morgan fingerprint density at radius 2 is 1.06 bits per heavy atom. The van der Waals surface area contributed by atoms with Gasteiger partial charge in [0.15, 0.2) is 0 Å². The average Bonchev–Trinajstić information content (AvgIpc) is 1.94. The molecule has 0 saturated heterocycles. The second-order valence-corrected chi connectivity index (χ2v) is 4.22. The second-order valence-electron chi connectivity index (χ2n) is 2.04. The van der Waals surface area contributed by atoms with Crippen molar-refractivity contribution < 1.29 is 98.9 Å². The molecule has 0 heterocycles. The van der Waals surface area contributed by atoms with Crippen molar-refractivity contribution in [2.75, 3.05) is 13.2 Å². The van der Waals surface area contributed by atoms with Gasteiger partial charge in [0.25, 0.3) is 0 Å². The summed E-state index contributed by atoms with van der Waals surface area (Å²) in [4.78, 5) is 0. The summed E-state index contributed by atoms with van der Waals surface area (Å²) in [7, 11) is -10.9. The van der Waals surface area contributed by atoms with E-state index in [1.54, 1.807) is 0 Å². The van der Waals surface area contributed by atoms with E-state index in [2.05, 4.69) is 3.63 Å². The van der Waals surface area contributed by atoms with Crippen molar-refractivity contribution in [3.05, 3.63) is 0 Å². The molecule has 0 aliphatic rings. The van der Waals surface area contributed by atoms with Crippen molar-refractivity contribution in [1.29, 1.82) is 0 Å². The van der Waals surface area contributed by atoms with Gasteiger partial charge in [-0.2, -0.15) is 3.63 Å². The van der Waals surface area contributed by atoms with Gasteiger partial charge in [-0.05, 0) is 12.8 Å². The minimum atomic E-state index is -5.43. The topological polar surface area (TPSA) is 164 Å². The average molecular weight is 312 g/mol. The Bertz CT molecular complexity index is 302. The van der Waals surface area contributed by atoms with Gasteiger partial charge in [-0.3, -0.25) is 0 Å². The zero-order valence-electron chi connectivity index (χ0n) is 9.40. The van der Waals surface area contributed by atoms with E-state index < -0.39 is 20.8 Å². The van der Waals surface area contributed by atoms with Gasteiger partial charge in [0, 0.05) is 13.2 Å². The van der Waals surface area contributed by atoms with Gasteiger partial charge in [-0.1, -0.05) is 0 Å². The molecule has 0 atom stereocenters. The van der Waals surface area contributed by atoms with E-state index >= 15 is 0 Å². The van der Waals surface area contributed by atoms with Gasteiger partial charge in [0.2, 0.25) is 20.8 Å². The molecule has 9 nitrogen and oxygen atoms in total. The van der Waals surface area contributed by atoms with E-state index in [0.717, 1.165) is 12.8 Å². The third-order valence-corrected chi connectivity index (χ3v) is 2.07. The molecule has 0 saturated carbocycles. The van der Waals surface area contributed by atoms with Crippen molar-refractivity contribution in [2.24, 2.45) is 0 Å². The van der Waals surface area contributed by atoms with Gasteiger partial charge in [0.05, 0.1) is 0 Å². The number of hydrogen-bond donors (Lipinski definition) is 2. The SMILES string of the molecule is O=S(=O)([O-])OS(=O)(=O)[O-].OCCCCO.[Na+].[Na+]. The van der Waals surface area contributed by atoms with Crippen molar-refractivity contribution in [2.45, 2.75) is 12.8 Å². The summed E-state index contributed by atoms with van der Waals surface area (Å²) in [6.07, 6.45) is 1.44. The van der Waals surface area contributed by atoms with Crippen LogP contribution in [0.25, 0.3) is 0 Å². The monoisotopic (exact) mass is 312 g/mol. The fraction of sp³-hybridized carbons (Fsp3) is 1.00. The smallest absolute Gasteiger partial charge is 0.725 e. The summed E-state index contributed by atoms with van der Waals surface area (Å²) in [6.45, 7) is 0.390. The summed E-state index contributed by atoms with van der Waals surface area (Å²) < 4.78 is 58.2. The Labute approximate surface area is 144 Å². The third-order valence-electron chi connectivity index (χ3n) is 0.733. The van der Waals surface area contributed by atoms with Crippen LogP contribution in [0.3, 0.4) is 0 Å². The van der Waals surface area contributed by atoms with E-state index in [9.17, 15) is 25.9 Å². The van der Waals surface area contributed by atoms with Crippen molar-refractivity contribution in [1.82, 2.24) is 0 Å². The zero-order chi connectivity index (χ0) is 12.5. The fourth-order valence-electron chi connectivity index (χ4n) is 0.326. The summed E-state index contributed by atoms with van der Waals surface area (Å²) >= 11 is 0. The van der Waals surface area contributed by atoms with Gasteiger partial charge in [0.1, 0.15) is 0 Å². The van der Waals surface area contributed by atoms with E-state index in [-0.39, 0.29) is 72.3 Å². The summed E-state index contributed by atoms with van der Waals surface area (Å²) in [5.74, 6) is 0. The van der Waals surface area contributed by atoms with Crippen molar-refractivity contribution >= 4 is 20.8 Å². The molecule has 0 bridgehead atoms.